The molecule has 0 aliphatic heterocycles. The summed E-state index contributed by atoms with van der Waals surface area (Å²) >= 11 is 0. The van der Waals surface area contributed by atoms with Gasteiger partial charge >= 0.3 is 0 Å². The summed E-state index contributed by atoms with van der Waals surface area (Å²) in [6.45, 7) is 11.1. The first kappa shape index (κ1) is 31.9. The van der Waals surface area contributed by atoms with Gasteiger partial charge in [0.05, 0.1) is 17.1 Å². The van der Waals surface area contributed by atoms with E-state index in [1.807, 2.05) is 13.1 Å². The Hall–Kier alpha value is -2.34. The minimum atomic E-state index is 0. The van der Waals surface area contributed by atoms with E-state index in [-0.39, 0.29) is 20.4 Å². The summed E-state index contributed by atoms with van der Waals surface area (Å²) in [5, 5.41) is 0. The topological polar surface area (TPSA) is 24.7 Å². The van der Waals surface area contributed by atoms with Gasteiger partial charge in [-0.3, -0.25) is 9.98 Å². The monoisotopic (exact) mass is 600 g/mol. The number of nitrogens with zero attached hydrogens (tertiary/aromatic N) is 2. The van der Waals surface area contributed by atoms with Gasteiger partial charge in [0.2, 0.25) is 0 Å². The molecule has 38 heavy (non-hydrogen) atoms. The summed E-state index contributed by atoms with van der Waals surface area (Å²) in [7, 11) is 0. The third kappa shape index (κ3) is 9.44. The van der Waals surface area contributed by atoms with E-state index in [2.05, 4.69) is 88.4 Å². The quantitative estimate of drug-likeness (QED) is 0.0999. The first-order valence-corrected chi connectivity index (χ1v) is 14.5. The van der Waals surface area contributed by atoms with Crippen molar-refractivity contribution in [2.75, 3.05) is 0 Å². The molecule has 0 fully saturated rings. The maximum absolute atomic E-state index is 4.96. The molecule has 3 aromatic rings. The van der Waals surface area contributed by atoms with Crippen LogP contribution < -0.4 is 0 Å². The molecule has 0 N–H and O–H groups in total. The summed E-state index contributed by atoms with van der Waals surface area (Å²) in [6.07, 6.45) is 13.9. The van der Waals surface area contributed by atoms with Crippen LogP contribution in [0, 0.1) is 0 Å². The molecule has 3 rings (SSSR count). The Bertz CT molecular complexity index is 1180. The summed E-state index contributed by atoms with van der Waals surface area (Å²) in [4.78, 5) is 9.78. The van der Waals surface area contributed by atoms with Crippen molar-refractivity contribution in [3.63, 3.8) is 0 Å². The first-order valence-electron chi connectivity index (χ1n) is 14.5. The largest absolute Gasteiger partial charge is 0.255 e. The molecule has 0 saturated heterocycles. The molecule has 0 saturated carbocycles. The Kier molecular flexibility index (Phi) is 14.5. The van der Waals surface area contributed by atoms with Crippen molar-refractivity contribution >= 4 is 23.3 Å². The molecule has 0 aliphatic carbocycles. The van der Waals surface area contributed by atoms with E-state index in [9.17, 15) is 0 Å². The van der Waals surface area contributed by atoms with E-state index in [0.717, 1.165) is 36.3 Å². The summed E-state index contributed by atoms with van der Waals surface area (Å²) in [5.74, 6) is 0. The van der Waals surface area contributed by atoms with Crippen molar-refractivity contribution in [2.24, 2.45) is 9.98 Å². The van der Waals surface area contributed by atoms with Gasteiger partial charge in [-0.1, -0.05) is 89.8 Å². The van der Waals surface area contributed by atoms with Crippen LogP contribution in [0.15, 0.2) is 70.6 Å². The number of aliphatic imine (C=N–C) groups is 2. The van der Waals surface area contributed by atoms with E-state index in [0.29, 0.717) is 0 Å². The van der Waals surface area contributed by atoms with Gasteiger partial charge in [0, 0.05) is 26.6 Å². The first-order chi connectivity index (χ1) is 18.1. The molecule has 3 aromatic carbocycles. The van der Waals surface area contributed by atoms with Crippen LogP contribution >= 0.6 is 0 Å². The normalized spacial score (nSPS) is 11.7. The number of hydrogen-bond donors (Lipinski definition) is 0. The zero-order chi connectivity index (χ0) is 26.5. The van der Waals surface area contributed by atoms with Gasteiger partial charge in [0.1, 0.15) is 0 Å². The van der Waals surface area contributed by atoms with Gasteiger partial charge in [-0.15, -0.1) is 0 Å². The van der Waals surface area contributed by atoms with Gasteiger partial charge in [-0.05, 0) is 103 Å². The van der Waals surface area contributed by atoms with Gasteiger partial charge in [-0.25, -0.2) is 0 Å². The molecule has 0 unspecified atom stereocenters. The zero-order valence-electron chi connectivity index (χ0n) is 24.1. The van der Waals surface area contributed by atoms with Crippen LogP contribution in [0.3, 0.4) is 0 Å². The fourth-order valence-electron chi connectivity index (χ4n) is 5.07. The number of rotatable bonds is 14. The average molecular weight is 601 g/mol. The molecule has 0 aliphatic rings. The van der Waals surface area contributed by atoms with Crippen molar-refractivity contribution < 1.29 is 20.4 Å². The molecule has 0 spiro atoms. The zero-order valence-corrected chi connectivity index (χ0v) is 25.7. The van der Waals surface area contributed by atoms with Crippen LogP contribution in [0.2, 0.25) is 0 Å². The number of unbranched alkanes of at least 4 members (excludes halogenated alkanes) is 4. The Morgan fingerprint density at radius 3 is 2.08 bits per heavy atom. The summed E-state index contributed by atoms with van der Waals surface area (Å²) in [6, 6.07) is 21.9. The Balaban J connectivity index is 0.00000507. The predicted octanol–water partition coefficient (Wildman–Crippen LogP) is 10.4. The van der Waals surface area contributed by atoms with Crippen molar-refractivity contribution in [1.29, 1.82) is 0 Å². The molecule has 0 atom stereocenters. The predicted molar refractivity (Wildman–Crippen MR) is 164 cm³/mol. The average Bonchev–Trinajstić information content (AvgIpc) is 2.93. The van der Waals surface area contributed by atoms with E-state index >= 15 is 0 Å². The van der Waals surface area contributed by atoms with Crippen molar-refractivity contribution in [3.8, 4) is 11.1 Å². The van der Waals surface area contributed by atoms with E-state index in [4.69, 9.17) is 9.98 Å². The summed E-state index contributed by atoms with van der Waals surface area (Å²) < 4.78 is 0. The Morgan fingerprint density at radius 1 is 0.684 bits per heavy atom. The van der Waals surface area contributed by atoms with Crippen LogP contribution in [-0.4, -0.2) is 11.9 Å². The number of benzene rings is 3. The fourth-order valence-corrected chi connectivity index (χ4v) is 5.07. The fraction of sp³-hybridized carbons (Fsp3) is 0.429. The smallest absolute Gasteiger partial charge is 0.0642 e. The minimum Gasteiger partial charge on any atom is -0.255 e. The van der Waals surface area contributed by atoms with E-state index in [1.165, 1.54) is 78.3 Å². The van der Waals surface area contributed by atoms with E-state index in [1.54, 1.807) is 0 Å². The third-order valence-corrected chi connectivity index (χ3v) is 7.14. The number of aryl methyl sites for hydroxylation is 3. The molecule has 3 heteroatoms. The molecule has 0 bridgehead atoms. The third-order valence-electron chi connectivity index (χ3n) is 7.14. The molecule has 206 valence electrons. The molecule has 2 nitrogen and oxygen atoms in total. The van der Waals surface area contributed by atoms with Crippen LogP contribution in [0.1, 0.15) is 95.4 Å². The van der Waals surface area contributed by atoms with E-state index < -0.39 is 0 Å². The van der Waals surface area contributed by atoms with Crippen LogP contribution in [-0.2, 0) is 46.1 Å². The van der Waals surface area contributed by atoms with Crippen LogP contribution in [0.5, 0.6) is 0 Å². The van der Waals surface area contributed by atoms with Crippen LogP contribution in [0.25, 0.3) is 11.1 Å². The van der Waals surface area contributed by atoms with Gasteiger partial charge in [0.25, 0.3) is 0 Å². The Labute approximate surface area is 245 Å². The molecule has 0 amide bonds. The van der Waals surface area contributed by atoms with Crippen molar-refractivity contribution in [3.05, 3.63) is 82.9 Å². The Morgan fingerprint density at radius 2 is 1.39 bits per heavy atom. The maximum atomic E-state index is 4.96. The standard InChI is InChI=1S/C35H46N2.Pd/c1-6-10-12-14-18-29-21-22-32(24-31(29)17-11-7-2)36-26-27(5)37-33-23-28(8-3)34(9-4)35(25-33)30-19-15-13-16-20-30;/h13,15-16,19-26H,6-12,14,17-18H2,1-5H3;. The molecular weight excluding hydrogens is 555 g/mol. The van der Waals surface area contributed by atoms with Gasteiger partial charge in [-0.2, -0.15) is 0 Å². The maximum Gasteiger partial charge on any atom is 0.0642 e. The van der Waals surface area contributed by atoms with Crippen LogP contribution in [0.4, 0.5) is 11.4 Å². The minimum absolute atomic E-state index is 0. The second-order valence-corrected chi connectivity index (χ2v) is 10.1. The van der Waals surface area contributed by atoms with Gasteiger partial charge < -0.3 is 0 Å². The molecule has 0 heterocycles. The van der Waals surface area contributed by atoms with Crippen molar-refractivity contribution in [1.82, 2.24) is 0 Å². The SMILES string of the molecule is CCCCCCc1ccc(N=CC(C)=Nc2cc(CC)c(CC)c(-c3ccccc3)c2)cc1CCCC.[Pd]. The molecule has 0 radical (unpaired) electrons. The summed E-state index contributed by atoms with van der Waals surface area (Å²) in [5.41, 5.74) is 11.3. The number of hydrogen-bond acceptors (Lipinski definition) is 2. The molecular formula is C35H46N2Pd. The van der Waals surface area contributed by atoms with Gasteiger partial charge in [0.15, 0.2) is 0 Å². The second-order valence-electron chi connectivity index (χ2n) is 10.1. The van der Waals surface area contributed by atoms with Crippen molar-refractivity contribution in [2.45, 2.75) is 98.8 Å². The molecule has 0 aromatic heterocycles. The second kappa shape index (κ2) is 17.3.